The Balaban J connectivity index is 2.17. The smallest absolute Gasteiger partial charge is 0.308 e. The maximum atomic E-state index is 13.1. The molecule has 0 aliphatic heterocycles. The Bertz CT molecular complexity index is 1060. The zero-order chi connectivity index (χ0) is 21.6. The van der Waals surface area contributed by atoms with Crippen molar-refractivity contribution < 1.29 is 26.3 Å². The third-order valence-electron chi connectivity index (χ3n) is 4.13. The molecule has 0 aliphatic carbocycles. The lowest BCUT2D eigenvalue weighted by atomic mass is 10.0. The van der Waals surface area contributed by atoms with Crippen molar-refractivity contribution in [3.8, 4) is 11.3 Å². The molecule has 156 valence electrons. The molecular formula is C17H15F6N5O. The van der Waals surface area contributed by atoms with Crippen LogP contribution >= 0.6 is 0 Å². The molecule has 3 rings (SSSR count). The first-order chi connectivity index (χ1) is 13.4. The van der Waals surface area contributed by atoms with Gasteiger partial charge in [-0.15, -0.1) is 0 Å². The quantitative estimate of drug-likeness (QED) is 0.659. The van der Waals surface area contributed by atoms with E-state index in [0.717, 1.165) is 6.20 Å². The Hall–Kier alpha value is -2.89. The summed E-state index contributed by atoms with van der Waals surface area (Å²) in [7, 11) is 3.55. The summed E-state index contributed by atoms with van der Waals surface area (Å²) in [6.45, 7) is 0.668. The Kier molecular flexibility index (Phi) is 5.15. The van der Waals surface area contributed by atoms with Crippen molar-refractivity contribution in [2.45, 2.75) is 18.9 Å². The lowest BCUT2D eigenvalue weighted by molar-refractivity contribution is -0.143. The largest absolute Gasteiger partial charge is 0.416 e. The van der Waals surface area contributed by atoms with Crippen LogP contribution in [-0.2, 0) is 18.9 Å². The van der Waals surface area contributed by atoms with E-state index in [9.17, 15) is 31.1 Å². The fourth-order valence-corrected chi connectivity index (χ4v) is 2.67. The Morgan fingerprint density at radius 3 is 2.14 bits per heavy atom. The molecule has 0 fully saturated rings. The highest BCUT2D eigenvalue weighted by Gasteiger charge is 2.37. The van der Waals surface area contributed by atoms with E-state index in [1.165, 1.54) is 4.57 Å². The Morgan fingerprint density at radius 2 is 1.62 bits per heavy atom. The number of fused-ring (bicyclic) bond motifs is 1. The molecule has 2 heterocycles. The van der Waals surface area contributed by atoms with Crippen LogP contribution in [0, 0.1) is 0 Å². The molecule has 29 heavy (non-hydrogen) atoms. The normalized spacial score (nSPS) is 12.9. The van der Waals surface area contributed by atoms with Gasteiger partial charge in [-0.1, -0.05) is 0 Å². The zero-order valence-electron chi connectivity index (χ0n) is 15.2. The highest BCUT2D eigenvalue weighted by Crippen LogP contribution is 2.38. The second-order valence-electron chi connectivity index (χ2n) is 6.61. The van der Waals surface area contributed by atoms with E-state index in [2.05, 4.69) is 15.0 Å². The highest BCUT2D eigenvalue weighted by molar-refractivity contribution is 5.71. The molecule has 1 N–H and O–H groups in total. The first kappa shape index (κ1) is 20.8. The van der Waals surface area contributed by atoms with Crippen LogP contribution in [0.5, 0.6) is 0 Å². The summed E-state index contributed by atoms with van der Waals surface area (Å²) >= 11 is 0. The van der Waals surface area contributed by atoms with Gasteiger partial charge in [0, 0.05) is 18.7 Å². The molecule has 6 nitrogen and oxygen atoms in total. The van der Waals surface area contributed by atoms with Gasteiger partial charge < -0.3 is 4.90 Å². The van der Waals surface area contributed by atoms with Crippen LogP contribution in [0.25, 0.3) is 22.6 Å². The monoisotopic (exact) mass is 419 g/mol. The Labute approximate surface area is 159 Å². The van der Waals surface area contributed by atoms with Gasteiger partial charge in [0.2, 0.25) is 0 Å². The molecule has 0 aliphatic rings. The average molecular weight is 419 g/mol. The van der Waals surface area contributed by atoms with Crippen LogP contribution in [0.15, 0.2) is 29.2 Å². The molecule has 0 amide bonds. The fourth-order valence-electron chi connectivity index (χ4n) is 2.67. The van der Waals surface area contributed by atoms with Crippen LogP contribution < -0.4 is 5.69 Å². The summed E-state index contributed by atoms with van der Waals surface area (Å²) in [5.74, 6) is 0. The van der Waals surface area contributed by atoms with Crippen LogP contribution in [0.1, 0.15) is 11.1 Å². The lowest BCUT2D eigenvalue weighted by Gasteiger charge is -2.14. The third-order valence-corrected chi connectivity index (χ3v) is 4.13. The minimum atomic E-state index is -4.98. The number of likely N-dealkylation sites (N-methyl/N-ethyl adjacent to an activating group) is 1. The lowest BCUT2D eigenvalue weighted by Crippen LogP contribution is -2.25. The van der Waals surface area contributed by atoms with E-state index >= 15 is 0 Å². The van der Waals surface area contributed by atoms with Crippen LogP contribution in [-0.4, -0.2) is 45.1 Å². The first-order valence-electron chi connectivity index (χ1n) is 8.26. The molecule has 0 unspecified atom stereocenters. The van der Waals surface area contributed by atoms with E-state index < -0.39 is 34.7 Å². The summed E-state index contributed by atoms with van der Waals surface area (Å²) in [4.78, 5) is 24.4. The number of benzene rings is 1. The zero-order valence-corrected chi connectivity index (χ0v) is 15.2. The molecule has 0 saturated carbocycles. The number of hydrogen-bond acceptors (Lipinski definition) is 4. The van der Waals surface area contributed by atoms with Gasteiger partial charge in [0.05, 0.1) is 23.0 Å². The number of rotatable bonds is 4. The minimum Gasteiger partial charge on any atom is -0.308 e. The van der Waals surface area contributed by atoms with E-state index in [1.54, 1.807) is 19.0 Å². The summed E-state index contributed by atoms with van der Waals surface area (Å²) in [5.41, 5.74) is -3.94. The summed E-state index contributed by atoms with van der Waals surface area (Å²) in [5, 5.41) is 0. The van der Waals surface area contributed by atoms with Crippen molar-refractivity contribution in [1.82, 2.24) is 24.4 Å². The Morgan fingerprint density at radius 1 is 1.03 bits per heavy atom. The van der Waals surface area contributed by atoms with E-state index in [4.69, 9.17) is 0 Å². The van der Waals surface area contributed by atoms with Crippen molar-refractivity contribution in [1.29, 1.82) is 0 Å². The molecular weight excluding hydrogens is 404 g/mol. The topological polar surface area (TPSA) is 66.8 Å². The number of aromatic amines is 1. The predicted octanol–water partition coefficient (Wildman–Crippen LogP) is 3.39. The highest BCUT2D eigenvalue weighted by atomic mass is 19.4. The van der Waals surface area contributed by atoms with Gasteiger partial charge in [0.25, 0.3) is 0 Å². The van der Waals surface area contributed by atoms with Crippen molar-refractivity contribution in [3.63, 3.8) is 0 Å². The molecule has 0 bridgehead atoms. The minimum absolute atomic E-state index is 0.0404. The second-order valence-corrected chi connectivity index (χ2v) is 6.61. The SMILES string of the molecule is CN(C)CCn1c(=O)[nH]c2ncc(-c3cc(C(F)(F)F)cc(C(F)(F)F)c3)nc21. The second kappa shape index (κ2) is 7.17. The first-order valence-corrected chi connectivity index (χ1v) is 8.26. The maximum Gasteiger partial charge on any atom is 0.416 e. The molecule has 0 spiro atoms. The summed E-state index contributed by atoms with van der Waals surface area (Å²) in [6, 6.07) is 1.18. The van der Waals surface area contributed by atoms with E-state index in [0.29, 0.717) is 18.7 Å². The number of imidazole rings is 1. The van der Waals surface area contributed by atoms with Gasteiger partial charge in [-0.2, -0.15) is 26.3 Å². The van der Waals surface area contributed by atoms with Crippen LogP contribution in [0.3, 0.4) is 0 Å². The number of H-pyrrole nitrogens is 1. The van der Waals surface area contributed by atoms with Gasteiger partial charge in [0.15, 0.2) is 11.3 Å². The standard InChI is InChI=1S/C17H15F6N5O/c1-27(2)3-4-28-14-13(26-15(28)29)24-8-12(25-14)9-5-10(16(18,19)20)7-11(6-9)17(21,22)23/h5-8H,3-4H2,1-2H3,(H,24,26,29). The molecule has 0 saturated heterocycles. The van der Waals surface area contributed by atoms with Crippen LogP contribution in [0.4, 0.5) is 26.3 Å². The number of alkyl halides is 6. The van der Waals surface area contributed by atoms with Crippen LogP contribution in [0.2, 0.25) is 0 Å². The van der Waals surface area contributed by atoms with Gasteiger partial charge >= 0.3 is 18.0 Å². The van der Waals surface area contributed by atoms with Gasteiger partial charge in [0.1, 0.15) is 0 Å². The molecule has 1 aromatic carbocycles. The molecule has 12 heteroatoms. The number of aromatic nitrogens is 4. The van der Waals surface area contributed by atoms with Crippen molar-refractivity contribution in [2.75, 3.05) is 20.6 Å². The van der Waals surface area contributed by atoms with Gasteiger partial charge in [-0.25, -0.2) is 14.8 Å². The molecule has 0 radical (unpaired) electrons. The summed E-state index contributed by atoms with van der Waals surface area (Å²) in [6.07, 6.45) is -8.94. The predicted molar refractivity (Wildman–Crippen MR) is 92.1 cm³/mol. The number of halogens is 6. The van der Waals surface area contributed by atoms with Crippen molar-refractivity contribution in [3.05, 3.63) is 46.0 Å². The van der Waals surface area contributed by atoms with Crippen molar-refractivity contribution in [2.24, 2.45) is 0 Å². The van der Waals surface area contributed by atoms with Crippen molar-refractivity contribution >= 4 is 11.3 Å². The number of nitrogens with one attached hydrogen (secondary N) is 1. The molecule has 2 aromatic heterocycles. The van der Waals surface area contributed by atoms with Gasteiger partial charge in [-0.3, -0.25) is 9.55 Å². The number of nitrogens with zero attached hydrogens (tertiary/aromatic N) is 4. The average Bonchev–Trinajstić information content (AvgIpc) is 2.92. The third kappa shape index (κ3) is 4.42. The fraction of sp³-hybridized carbons (Fsp3) is 0.353. The summed E-state index contributed by atoms with van der Waals surface area (Å²) < 4.78 is 79.8. The maximum absolute atomic E-state index is 13.1. The molecule has 3 aromatic rings. The van der Waals surface area contributed by atoms with E-state index in [-0.39, 0.29) is 29.6 Å². The number of hydrogen-bond donors (Lipinski definition) is 1. The van der Waals surface area contributed by atoms with E-state index in [1.807, 2.05) is 0 Å². The van der Waals surface area contributed by atoms with Gasteiger partial charge in [-0.05, 0) is 32.3 Å². The molecule has 0 atom stereocenters.